The van der Waals surface area contributed by atoms with E-state index in [-0.39, 0.29) is 28.1 Å². The Morgan fingerprint density at radius 1 is 1.24 bits per heavy atom. The van der Waals surface area contributed by atoms with Crippen molar-refractivity contribution in [2.75, 3.05) is 14.1 Å². The lowest BCUT2D eigenvalue weighted by Gasteiger charge is -2.49. The minimum Gasteiger partial charge on any atom is -0.510 e. The third-order valence-electron chi connectivity index (χ3n) is 7.59. The van der Waals surface area contributed by atoms with Crippen molar-refractivity contribution < 1.29 is 39.9 Å². The number of phenols is 1. The number of benzene rings is 1. The lowest BCUT2D eigenvalue weighted by atomic mass is 9.56. The van der Waals surface area contributed by atoms with Crippen molar-refractivity contribution in [3.05, 3.63) is 50.9 Å². The topological polar surface area (TPSA) is 177 Å². The van der Waals surface area contributed by atoms with E-state index < -0.39 is 69.4 Å². The van der Waals surface area contributed by atoms with E-state index in [4.69, 9.17) is 22.1 Å². The van der Waals surface area contributed by atoms with Crippen LogP contribution in [0.1, 0.15) is 29.3 Å². The predicted octanol–water partition coefficient (Wildman–Crippen LogP) is 0.596. The second-order valence-electron chi connectivity index (χ2n) is 9.46. The molecule has 1 amide bonds. The van der Waals surface area contributed by atoms with Gasteiger partial charge in [-0.3, -0.25) is 14.5 Å². The summed E-state index contributed by atoms with van der Waals surface area (Å²) < 4.78 is 5.58. The summed E-state index contributed by atoms with van der Waals surface area (Å²) >= 11 is 6.31. The number of phenolic OH excluding ortho intramolecular Hbond substituents is 1. The molecule has 0 saturated carbocycles. The van der Waals surface area contributed by atoms with Gasteiger partial charge in [0.1, 0.15) is 22.8 Å². The third kappa shape index (κ3) is 2.32. The zero-order chi connectivity index (χ0) is 24.4. The molecule has 4 aliphatic rings. The number of Topliss-reactive ketones (excluding diaryl/α,β-unsaturated/α-hetero) is 1. The van der Waals surface area contributed by atoms with Gasteiger partial charge in [-0.15, -0.1) is 0 Å². The van der Waals surface area contributed by atoms with Crippen molar-refractivity contribution in [2.45, 2.75) is 36.4 Å². The fourth-order valence-electron chi connectivity index (χ4n) is 6.20. The summed E-state index contributed by atoms with van der Waals surface area (Å²) in [5.74, 6) is -7.92. The number of nitrogens with zero attached hydrogens (tertiary/aromatic N) is 1. The highest BCUT2D eigenvalue weighted by Gasteiger charge is 2.85. The zero-order valence-electron chi connectivity index (χ0n) is 18.0. The van der Waals surface area contributed by atoms with E-state index in [0.717, 1.165) is 0 Å². The molecule has 1 aromatic rings. The number of ether oxygens (including phenoxy) is 1. The minimum atomic E-state index is -2.45. The first-order valence-corrected chi connectivity index (χ1v) is 10.7. The Morgan fingerprint density at radius 3 is 2.45 bits per heavy atom. The van der Waals surface area contributed by atoms with Gasteiger partial charge in [0.2, 0.25) is 5.79 Å². The maximum atomic E-state index is 13.5. The van der Waals surface area contributed by atoms with Gasteiger partial charge in [-0.25, -0.2) is 0 Å². The standard InChI is InChI=1S/C22H23ClN2O8/c1-20(31)7-6-8-15(25(2)3)17(28)14(19(24)30)22(32)21(8,33-22)18(29)11(7)16(27)12-10(26)5-4-9(23)13(12)20/h4-5,7-8,15,26,28-29,31-32H,6H2,1-3H3,(H2,24,30). The van der Waals surface area contributed by atoms with Crippen molar-refractivity contribution in [3.8, 4) is 5.75 Å². The number of likely N-dealkylation sites (N-methyl/N-ethyl adjacent to an activating group) is 1. The van der Waals surface area contributed by atoms with Crippen LogP contribution in [0.25, 0.3) is 0 Å². The van der Waals surface area contributed by atoms with Crippen LogP contribution in [0, 0.1) is 11.8 Å². The minimum absolute atomic E-state index is 0.0217. The summed E-state index contributed by atoms with van der Waals surface area (Å²) in [6.07, 6.45) is -0.0369. The summed E-state index contributed by atoms with van der Waals surface area (Å²) in [7, 11) is 3.23. The number of aromatic hydroxyl groups is 1. The first-order valence-electron chi connectivity index (χ1n) is 10.3. The number of ketones is 1. The maximum Gasteiger partial charge on any atom is 0.253 e. The predicted molar refractivity (Wildman–Crippen MR) is 113 cm³/mol. The number of amides is 1. The van der Waals surface area contributed by atoms with E-state index in [1.54, 1.807) is 19.0 Å². The molecule has 1 spiro atoms. The Labute approximate surface area is 193 Å². The Balaban J connectivity index is 1.82. The Bertz CT molecular complexity index is 1220. The normalized spacial score (nSPS) is 39.1. The molecule has 11 heteroatoms. The Kier molecular flexibility index (Phi) is 4.22. The van der Waals surface area contributed by atoms with Gasteiger partial charge in [-0.05, 0) is 39.6 Å². The second kappa shape index (κ2) is 6.28. The zero-order valence-corrected chi connectivity index (χ0v) is 18.7. The second-order valence-corrected chi connectivity index (χ2v) is 9.87. The molecule has 10 nitrogen and oxygen atoms in total. The highest BCUT2D eigenvalue weighted by Crippen LogP contribution is 2.69. The molecule has 1 fully saturated rings. The van der Waals surface area contributed by atoms with Crippen LogP contribution in [0.15, 0.2) is 34.8 Å². The molecule has 1 saturated heterocycles. The SMILES string of the molecule is CN(C)C1C(O)=C(C(N)=O)C2(O)OC23C(O)=C2C(=O)c4c(O)ccc(Cl)c4C(C)(O)C2CC13. The summed E-state index contributed by atoms with van der Waals surface area (Å²) in [6, 6.07) is 1.62. The number of aliphatic hydroxyl groups excluding tert-OH is 2. The Hall–Kier alpha value is -2.63. The molecule has 1 aromatic carbocycles. The summed E-state index contributed by atoms with van der Waals surface area (Å²) in [4.78, 5) is 27.2. The van der Waals surface area contributed by atoms with E-state index in [1.165, 1.54) is 19.1 Å². The van der Waals surface area contributed by atoms with Crippen molar-refractivity contribution >= 4 is 23.3 Å². The number of hydrogen-bond acceptors (Lipinski definition) is 9. The third-order valence-corrected chi connectivity index (χ3v) is 7.90. The van der Waals surface area contributed by atoms with Crippen molar-refractivity contribution in [3.63, 3.8) is 0 Å². The number of fused-ring (bicyclic) bond motifs is 2. The number of halogens is 1. The van der Waals surface area contributed by atoms with Gasteiger partial charge in [0, 0.05) is 28.0 Å². The molecular weight excluding hydrogens is 456 g/mol. The lowest BCUT2D eigenvalue weighted by Crippen LogP contribution is -2.59. The van der Waals surface area contributed by atoms with Gasteiger partial charge in [0.15, 0.2) is 11.4 Å². The van der Waals surface area contributed by atoms with E-state index in [9.17, 15) is 35.1 Å². The molecule has 1 heterocycles. The number of carbonyl (C=O) groups excluding carboxylic acids is 2. The molecule has 6 unspecified atom stereocenters. The van der Waals surface area contributed by atoms with Crippen LogP contribution >= 0.6 is 11.6 Å². The molecule has 6 atom stereocenters. The highest BCUT2D eigenvalue weighted by molar-refractivity contribution is 6.32. The number of carbonyl (C=O) groups is 2. The highest BCUT2D eigenvalue weighted by atomic mass is 35.5. The fraction of sp³-hybridized carbons (Fsp3) is 0.455. The van der Waals surface area contributed by atoms with Crippen LogP contribution in [0.4, 0.5) is 0 Å². The number of primary amides is 1. The molecule has 3 aliphatic carbocycles. The van der Waals surface area contributed by atoms with Gasteiger partial charge < -0.3 is 36.0 Å². The van der Waals surface area contributed by atoms with Crippen LogP contribution in [0.3, 0.4) is 0 Å². The number of hydrogen-bond donors (Lipinski definition) is 6. The molecule has 0 bridgehead atoms. The molecule has 0 aromatic heterocycles. The summed E-state index contributed by atoms with van der Waals surface area (Å²) in [6.45, 7) is 1.41. The fourth-order valence-corrected chi connectivity index (χ4v) is 6.54. The number of aliphatic hydroxyl groups is 4. The van der Waals surface area contributed by atoms with E-state index in [2.05, 4.69) is 0 Å². The van der Waals surface area contributed by atoms with Gasteiger partial charge in [0.05, 0.1) is 17.2 Å². The van der Waals surface area contributed by atoms with Gasteiger partial charge >= 0.3 is 0 Å². The maximum absolute atomic E-state index is 13.5. The molecule has 7 N–H and O–H groups in total. The molecule has 1 aliphatic heterocycles. The molecule has 0 radical (unpaired) electrons. The molecular formula is C22H23ClN2O8. The van der Waals surface area contributed by atoms with Crippen molar-refractivity contribution in [1.29, 1.82) is 0 Å². The monoisotopic (exact) mass is 478 g/mol. The quantitative estimate of drug-likeness (QED) is 0.332. The number of rotatable bonds is 2. The number of epoxide rings is 1. The van der Waals surface area contributed by atoms with Crippen molar-refractivity contribution in [1.82, 2.24) is 4.90 Å². The largest absolute Gasteiger partial charge is 0.510 e. The lowest BCUT2D eigenvalue weighted by molar-refractivity contribution is -0.117. The van der Waals surface area contributed by atoms with Crippen LogP contribution < -0.4 is 5.73 Å². The van der Waals surface area contributed by atoms with Gasteiger partial charge in [-0.2, -0.15) is 0 Å². The molecule has 176 valence electrons. The summed E-state index contributed by atoms with van der Waals surface area (Å²) in [5.41, 5.74) is 0.554. The van der Waals surface area contributed by atoms with Crippen LogP contribution in [-0.2, 0) is 15.1 Å². The first-order chi connectivity index (χ1) is 15.2. The van der Waals surface area contributed by atoms with Crippen LogP contribution in [-0.4, -0.2) is 73.6 Å². The molecule has 5 rings (SSSR count). The van der Waals surface area contributed by atoms with Gasteiger partial charge in [-0.1, -0.05) is 11.6 Å². The van der Waals surface area contributed by atoms with Crippen LogP contribution in [0.2, 0.25) is 5.02 Å². The molecule has 33 heavy (non-hydrogen) atoms. The van der Waals surface area contributed by atoms with Crippen molar-refractivity contribution in [2.24, 2.45) is 17.6 Å². The average Bonchev–Trinajstić information content (AvgIpc) is 3.32. The summed E-state index contributed by atoms with van der Waals surface area (Å²) in [5, 5.41) is 55.6. The van der Waals surface area contributed by atoms with Gasteiger partial charge in [0.25, 0.3) is 5.91 Å². The van der Waals surface area contributed by atoms with E-state index in [0.29, 0.717) is 0 Å². The Morgan fingerprint density at radius 2 is 1.88 bits per heavy atom. The number of nitrogens with two attached hydrogens (primary N) is 1. The van der Waals surface area contributed by atoms with E-state index in [1.807, 2.05) is 0 Å². The van der Waals surface area contributed by atoms with Crippen LogP contribution in [0.5, 0.6) is 5.75 Å². The first kappa shape index (κ1) is 22.2. The van der Waals surface area contributed by atoms with E-state index >= 15 is 0 Å². The smallest absolute Gasteiger partial charge is 0.253 e. The average molecular weight is 479 g/mol.